The molecule has 0 spiro atoms. The van der Waals surface area contributed by atoms with Crippen molar-refractivity contribution in [3.8, 4) is 45.3 Å². The molecule has 0 amide bonds. The number of fused-ring (bicyclic) bond motifs is 14. The first-order chi connectivity index (χ1) is 38.8. The number of hydrogen-bond acceptors (Lipinski definition) is 4. The fraction of sp³-hybridized carbons (Fsp3) is 0.0303. The van der Waals surface area contributed by atoms with E-state index in [1.807, 2.05) is 97.1 Å². The molecule has 14 rings (SSSR count). The molecular formula is C66H48Br2Cl2N2O4P2Ru+2. The van der Waals surface area contributed by atoms with E-state index in [0.29, 0.717) is 0 Å². The molecule has 0 unspecified atom stereocenters. The third-order valence-electron chi connectivity index (χ3n) is 13.7. The van der Waals surface area contributed by atoms with Gasteiger partial charge in [-0.3, -0.25) is 0 Å². The maximum absolute atomic E-state index is 8.07. The molecule has 13 heteroatoms. The third-order valence-corrected chi connectivity index (χ3v) is 19.2. The van der Waals surface area contributed by atoms with Gasteiger partial charge in [0.15, 0.2) is 33.6 Å². The second kappa shape index (κ2) is 25.5. The Morgan fingerprint density at radius 2 is 0.557 bits per heavy atom. The van der Waals surface area contributed by atoms with Gasteiger partial charge in [0.05, 0.1) is 8.95 Å². The number of nitrogens with one attached hydrogen (secondary N) is 2. The molecular weight excluding hydrogens is 1280 g/mol. The van der Waals surface area contributed by atoms with Gasteiger partial charge in [-0.05, 0) is 123 Å². The zero-order chi connectivity index (χ0) is 54.2. The van der Waals surface area contributed by atoms with Crippen LogP contribution in [0.4, 0.5) is 0 Å². The van der Waals surface area contributed by atoms with Crippen LogP contribution in [0.15, 0.2) is 264 Å². The van der Waals surface area contributed by atoms with Crippen LogP contribution < -0.4 is 28.7 Å². The summed E-state index contributed by atoms with van der Waals surface area (Å²) in [5, 5.41) is 11.6. The van der Waals surface area contributed by atoms with E-state index < -0.39 is 28.8 Å². The zero-order valence-electron chi connectivity index (χ0n) is 41.9. The molecule has 2 N–H and O–H groups in total. The van der Waals surface area contributed by atoms with Crippen molar-refractivity contribution in [2.24, 2.45) is 0 Å². The SMILES string of the molecule is Brc1ccccc1[PH+]1Oc2ccc3ccccc3c2-c2c(ccc3ccccc23)O1.Brc1ccccc1[PH+]1Oc2ccc3ccccc3c2-c2c(ccc3ccccc23)O1.[Cl][Ru+2][Cl].[NH-][C@@H](c1ccccc1)[C@@H]([NH-])c1ccccc1. The fourth-order valence-electron chi connectivity index (χ4n) is 10.00. The molecule has 0 fully saturated rings. The summed E-state index contributed by atoms with van der Waals surface area (Å²) >= 11 is 7.02. The van der Waals surface area contributed by atoms with E-state index in [-0.39, 0.29) is 15.1 Å². The van der Waals surface area contributed by atoms with Crippen molar-refractivity contribution in [2.75, 3.05) is 0 Å². The largest absolute Gasteiger partial charge is 0.672 e. The molecule has 0 saturated carbocycles. The minimum atomic E-state index is -1.80. The molecule has 79 heavy (non-hydrogen) atoms. The van der Waals surface area contributed by atoms with Crippen molar-refractivity contribution < 1.29 is 33.2 Å². The Labute approximate surface area is 494 Å². The quantitative estimate of drug-likeness (QED) is 0.127. The van der Waals surface area contributed by atoms with Crippen LogP contribution in [0.5, 0.6) is 23.0 Å². The minimum absolute atomic E-state index is 0.346. The van der Waals surface area contributed by atoms with Crippen molar-refractivity contribution in [3.63, 3.8) is 0 Å². The van der Waals surface area contributed by atoms with E-state index in [1.165, 1.54) is 43.1 Å². The summed E-state index contributed by atoms with van der Waals surface area (Å²) in [6, 6.07) is 85.1. The van der Waals surface area contributed by atoms with E-state index in [4.69, 9.17) is 48.9 Å². The van der Waals surface area contributed by atoms with Crippen LogP contribution >= 0.6 is 68.0 Å². The summed E-state index contributed by atoms with van der Waals surface area (Å²) in [7, 11) is 6.11. The van der Waals surface area contributed by atoms with E-state index >= 15 is 0 Å². The van der Waals surface area contributed by atoms with Gasteiger partial charge in [-0.25, -0.2) is 0 Å². The van der Waals surface area contributed by atoms with Crippen LogP contribution in [0.1, 0.15) is 23.2 Å². The van der Waals surface area contributed by atoms with Gasteiger partial charge in [0.1, 0.15) is 0 Å². The molecule has 2 aliphatic rings. The Balaban J connectivity index is 0.000000128. The summed E-state index contributed by atoms with van der Waals surface area (Å²) in [5.74, 6) is 3.48. The molecule has 0 radical (unpaired) electrons. The van der Waals surface area contributed by atoms with Gasteiger partial charge >= 0.3 is 51.3 Å². The second-order valence-electron chi connectivity index (χ2n) is 18.4. The van der Waals surface area contributed by atoms with Gasteiger partial charge in [0.25, 0.3) is 0 Å². The minimum Gasteiger partial charge on any atom is -0.672 e. The van der Waals surface area contributed by atoms with Gasteiger partial charge in [0, 0.05) is 22.3 Å². The van der Waals surface area contributed by atoms with Crippen LogP contribution in [0, 0.1) is 0 Å². The third kappa shape index (κ3) is 11.9. The average Bonchev–Trinajstić information content (AvgIpc) is 4.05. The van der Waals surface area contributed by atoms with Crippen LogP contribution in [0.25, 0.3) is 76.8 Å². The maximum Gasteiger partial charge on any atom is -0.0606 e. The molecule has 2 aliphatic heterocycles. The topological polar surface area (TPSA) is 84.5 Å². The van der Waals surface area contributed by atoms with Crippen LogP contribution in [0.2, 0.25) is 0 Å². The first kappa shape index (κ1) is 54.8. The van der Waals surface area contributed by atoms with E-state index in [2.05, 4.69) is 190 Å². The van der Waals surface area contributed by atoms with Gasteiger partial charge in [-0.15, -0.1) is 12.1 Å². The van der Waals surface area contributed by atoms with Gasteiger partial charge < -0.3 is 29.6 Å². The standard InChI is InChI=1S/2C26H16BrO2P.C14H14N2.2ClH.Ru/c2*27-21-11-5-6-12-24(21)30-28-22-15-13-17-7-1-3-9-19(17)25(22)26-20-10-4-2-8-18(20)14-16-23(26)29-30;15-13(11-7-3-1-4-8-11)14(16)12-9-5-2-6-10-12;;;/h2*1-16H;1-10,13-16H;2*1H;/q;;-2;;;+4/t;;13-,14-;;;/m..0.../s1. The van der Waals surface area contributed by atoms with E-state index in [1.54, 1.807) is 0 Å². The van der Waals surface area contributed by atoms with Crippen molar-refractivity contribution >= 4 is 122 Å². The number of hydrogen-bond donors (Lipinski definition) is 0. The van der Waals surface area contributed by atoms with Gasteiger partial charge in [-0.2, -0.15) is 0 Å². The molecule has 0 aliphatic carbocycles. The molecule has 0 saturated heterocycles. The first-order valence-corrected chi connectivity index (χ1v) is 33.9. The normalized spacial score (nSPS) is 13.2. The molecule has 0 aromatic heterocycles. The second-order valence-corrected chi connectivity index (χ2v) is 25.8. The van der Waals surface area contributed by atoms with Crippen molar-refractivity contribution in [1.29, 1.82) is 0 Å². The Bertz CT molecular complexity index is 3670. The van der Waals surface area contributed by atoms with Crippen molar-refractivity contribution in [2.45, 2.75) is 12.1 Å². The molecule has 2 atom stereocenters. The monoisotopic (exact) mass is 1320 g/mol. The number of benzene rings is 12. The molecule has 0 bridgehead atoms. The van der Waals surface area contributed by atoms with Crippen molar-refractivity contribution in [1.82, 2.24) is 0 Å². The Morgan fingerprint density at radius 1 is 0.316 bits per heavy atom. The van der Waals surface area contributed by atoms with Crippen LogP contribution in [0.3, 0.4) is 0 Å². The Kier molecular flexibility index (Phi) is 17.7. The summed E-state index contributed by atoms with van der Waals surface area (Å²) in [6.07, 6.45) is 0. The predicted octanol–water partition coefficient (Wildman–Crippen LogP) is 21.1. The number of halogens is 4. The molecule has 12 aromatic rings. The Morgan fingerprint density at radius 3 is 0.835 bits per heavy atom. The van der Waals surface area contributed by atoms with Crippen LogP contribution in [-0.2, 0) is 15.1 Å². The predicted molar refractivity (Wildman–Crippen MR) is 339 cm³/mol. The molecule has 2 heterocycles. The first-order valence-electron chi connectivity index (χ1n) is 25.2. The maximum atomic E-state index is 8.07. The fourth-order valence-corrected chi connectivity index (χ4v) is 14.6. The number of rotatable bonds is 5. The van der Waals surface area contributed by atoms with Gasteiger partial charge in [0.2, 0.25) is 0 Å². The smallest absolute Gasteiger partial charge is 0.0606 e. The Hall–Kier alpha value is -6.18. The summed E-state index contributed by atoms with van der Waals surface area (Å²) in [6.45, 7) is 0. The summed E-state index contributed by atoms with van der Waals surface area (Å²) in [4.78, 5) is 0. The molecule has 6 nitrogen and oxygen atoms in total. The molecule has 12 aromatic carbocycles. The van der Waals surface area contributed by atoms with E-state index in [9.17, 15) is 0 Å². The van der Waals surface area contributed by atoms with Crippen molar-refractivity contribution in [3.05, 3.63) is 286 Å². The summed E-state index contributed by atoms with van der Waals surface area (Å²) in [5.41, 5.74) is 22.3. The van der Waals surface area contributed by atoms with Crippen LogP contribution in [-0.4, -0.2) is 0 Å². The molecule has 390 valence electrons. The summed E-state index contributed by atoms with van der Waals surface area (Å²) < 4.78 is 28.5. The average molecular weight is 1330 g/mol. The zero-order valence-corrected chi connectivity index (χ0v) is 50.3. The van der Waals surface area contributed by atoms with E-state index in [0.717, 1.165) is 75.9 Å². The van der Waals surface area contributed by atoms with Gasteiger partial charge in [-0.1, -0.05) is 217 Å².